The Bertz CT molecular complexity index is 516. The van der Waals surface area contributed by atoms with Gasteiger partial charge >= 0.3 is 5.97 Å². The number of carboxylic acid groups (broad SMARTS) is 1. The summed E-state index contributed by atoms with van der Waals surface area (Å²) in [5.41, 5.74) is -0.171. The Labute approximate surface area is 124 Å². The van der Waals surface area contributed by atoms with Crippen LogP contribution in [0, 0.1) is 5.92 Å². The molecule has 5 nitrogen and oxygen atoms in total. The van der Waals surface area contributed by atoms with Gasteiger partial charge in [-0.05, 0) is 6.42 Å². The zero-order valence-electron chi connectivity index (χ0n) is 12.4. The number of carboxylic acids is 1. The summed E-state index contributed by atoms with van der Waals surface area (Å²) < 4.78 is 5.72. The molecule has 1 saturated heterocycles. The third-order valence-corrected chi connectivity index (χ3v) is 4.18. The number of hydrogen-bond donors (Lipinski definition) is 1. The molecular weight excluding hydrogens is 270 g/mol. The van der Waals surface area contributed by atoms with Gasteiger partial charge in [-0.3, -0.25) is 9.59 Å². The zero-order chi connectivity index (χ0) is 15.5. The molecule has 0 aliphatic carbocycles. The molecule has 0 spiro atoms. The predicted octanol–water partition coefficient (Wildman–Crippen LogP) is 2.22. The number of amides is 1. The van der Waals surface area contributed by atoms with Crippen LogP contribution in [0.1, 0.15) is 31.7 Å². The highest BCUT2D eigenvalue weighted by Crippen LogP contribution is 2.41. The molecule has 0 saturated carbocycles. The van der Waals surface area contributed by atoms with Gasteiger partial charge in [0.2, 0.25) is 5.91 Å². The summed E-state index contributed by atoms with van der Waals surface area (Å²) in [6.07, 6.45) is 1.10. The second-order valence-electron chi connectivity index (χ2n) is 5.28. The molecule has 2 rings (SSSR count). The van der Waals surface area contributed by atoms with E-state index in [1.54, 1.807) is 11.8 Å². The van der Waals surface area contributed by atoms with Gasteiger partial charge < -0.3 is 14.7 Å². The summed E-state index contributed by atoms with van der Waals surface area (Å²) in [6.45, 7) is 2.20. The first-order chi connectivity index (χ1) is 10.0. The lowest BCUT2D eigenvalue weighted by Gasteiger charge is -2.48. The van der Waals surface area contributed by atoms with Crippen LogP contribution in [0.5, 0.6) is 0 Å². The number of carbonyl (C=O) groups excluding carboxylic acids is 1. The number of aliphatic carboxylic acids is 1. The largest absolute Gasteiger partial charge is 0.481 e. The molecule has 0 bridgehead atoms. The fourth-order valence-corrected chi connectivity index (χ4v) is 3.02. The first kappa shape index (κ1) is 15.5. The number of carbonyl (C=O) groups is 2. The van der Waals surface area contributed by atoms with E-state index in [9.17, 15) is 14.7 Å². The van der Waals surface area contributed by atoms with Crippen LogP contribution in [-0.2, 0) is 20.1 Å². The maximum atomic E-state index is 12.3. The average Bonchev–Trinajstić information content (AvgIpc) is 2.54. The third kappa shape index (κ3) is 2.78. The number of benzene rings is 1. The number of piperidine rings is 1. The highest BCUT2D eigenvalue weighted by molar-refractivity contribution is 5.78. The van der Waals surface area contributed by atoms with E-state index >= 15 is 0 Å². The highest BCUT2D eigenvalue weighted by Gasteiger charge is 2.47. The van der Waals surface area contributed by atoms with Gasteiger partial charge in [-0.15, -0.1) is 0 Å². The van der Waals surface area contributed by atoms with Crippen LogP contribution in [0.2, 0.25) is 0 Å². The molecule has 0 radical (unpaired) electrons. The zero-order valence-corrected chi connectivity index (χ0v) is 12.4. The average molecular weight is 291 g/mol. The Morgan fingerprint density at radius 1 is 1.38 bits per heavy atom. The van der Waals surface area contributed by atoms with Crippen LogP contribution < -0.4 is 0 Å². The summed E-state index contributed by atoms with van der Waals surface area (Å²) in [5.74, 6) is -1.37. The van der Waals surface area contributed by atoms with Gasteiger partial charge in [0.15, 0.2) is 5.72 Å². The van der Waals surface area contributed by atoms with E-state index in [1.165, 1.54) is 7.11 Å². The first-order valence-corrected chi connectivity index (χ1v) is 7.19. The van der Waals surface area contributed by atoms with Crippen molar-refractivity contribution in [1.82, 2.24) is 4.90 Å². The number of hydrogen-bond acceptors (Lipinski definition) is 3. The number of likely N-dealkylation sites (tertiary alicyclic amines) is 1. The molecule has 1 aliphatic heterocycles. The molecule has 1 aliphatic rings. The normalized spacial score (nSPS) is 25.6. The van der Waals surface area contributed by atoms with Gasteiger partial charge in [0.1, 0.15) is 0 Å². The van der Waals surface area contributed by atoms with Crippen LogP contribution in [-0.4, -0.2) is 35.5 Å². The van der Waals surface area contributed by atoms with Gasteiger partial charge in [-0.2, -0.15) is 0 Å². The van der Waals surface area contributed by atoms with Crippen molar-refractivity contribution in [3.05, 3.63) is 35.9 Å². The van der Waals surface area contributed by atoms with Crippen LogP contribution in [0.4, 0.5) is 0 Å². The fraction of sp³-hybridized carbons (Fsp3) is 0.500. The van der Waals surface area contributed by atoms with Crippen molar-refractivity contribution in [1.29, 1.82) is 0 Å². The second kappa shape index (κ2) is 6.26. The van der Waals surface area contributed by atoms with Gasteiger partial charge in [0.25, 0.3) is 0 Å². The summed E-state index contributed by atoms with van der Waals surface area (Å²) in [5, 5.41) is 9.34. The second-order valence-corrected chi connectivity index (χ2v) is 5.28. The molecule has 1 aromatic rings. The smallest absolute Gasteiger partial charge is 0.306 e. The van der Waals surface area contributed by atoms with Crippen molar-refractivity contribution < 1.29 is 19.4 Å². The van der Waals surface area contributed by atoms with Crippen molar-refractivity contribution in [3.63, 3.8) is 0 Å². The Morgan fingerprint density at radius 3 is 2.57 bits per heavy atom. The number of rotatable bonds is 4. The van der Waals surface area contributed by atoms with Gasteiger partial charge in [-0.1, -0.05) is 37.3 Å². The van der Waals surface area contributed by atoms with E-state index < -0.39 is 17.6 Å². The molecule has 1 heterocycles. The standard InChI is InChI=1S/C16H21NO4/c1-3-14(18)17-10-9-12(15(19)20)11-16(17,21-2)13-7-5-4-6-8-13/h4-8,12H,3,9-11H2,1-2H3,(H,19,20). The molecule has 1 amide bonds. The van der Waals surface area contributed by atoms with Crippen molar-refractivity contribution in [3.8, 4) is 0 Å². The minimum absolute atomic E-state index is 0.0236. The number of ether oxygens (including phenoxy) is 1. The summed E-state index contributed by atoms with van der Waals surface area (Å²) >= 11 is 0. The van der Waals surface area contributed by atoms with E-state index in [0.29, 0.717) is 19.4 Å². The van der Waals surface area contributed by atoms with Gasteiger partial charge in [0.05, 0.1) is 5.92 Å². The van der Waals surface area contributed by atoms with Crippen LogP contribution in [0.15, 0.2) is 30.3 Å². The minimum atomic E-state index is -0.990. The lowest BCUT2D eigenvalue weighted by atomic mass is 9.83. The molecule has 1 aromatic carbocycles. The Morgan fingerprint density at radius 2 is 2.05 bits per heavy atom. The van der Waals surface area contributed by atoms with Gasteiger partial charge in [-0.25, -0.2) is 0 Å². The fourth-order valence-electron chi connectivity index (χ4n) is 3.02. The first-order valence-electron chi connectivity index (χ1n) is 7.19. The Kier molecular flexibility index (Phi) is 4.63. The van der Waals surface area contributed by atoms with E-state index in [1.807, 2.05) is 30.3 Å². The Hall–Kier alpha value is -1.88. The van der Waals surface area contributed by atoms with E-state index in [0.717, 1.165) is 5.56 Å². The number of methoxy groups -OCH3 is 1. The molecule has 1 N–H and O–H groups in total. The molecule has 21 heavy (non-hydrogen) atoms. The summed E-state index contributed by atoms with van der Waals surface area (Å²) in [6, 6.07) is 9.38. The maximum absolute atomic E-state index is 12.3. The molecular formula is C16H21NO4. The SMILES string of the molecule is CCC(=O)N1CCC(C(=O)O)CC1(OC)c1ccccc1. The van der Waals surface area contributed by atoms with Gasteiger partial charge in [0, 0.05) is 32.1 Å². The summed E-state index contributed by atoms with van der Waals surface area (Å²) in [7, 11) is 1.53. The molecule has 2 unspecified atom stereocenters. The van der Waals surface area contributed by atoms with Crippen molar-refractivity contribution in [2.24, 2.45) is 5.92 Å². The third-order valence-electron chi connectivity index (χ3n) is 4.18. The lowest BCUT2D eigenvalue weighted by Crippen LogP contribution is -2.56. The van der Waals surface area contributed by atoms with Crippen molar-refractivity contribution >= 4 is 11.9 Å². The molecule has 5 heteroatoms. The quantitative estimate of drug-likeness (QED) is 0.923. The molecule has 1 fully saturated rings. The minimum Gasteiger partial charge on any atom is -0.481 e. The topological polar surface area (TPSA) is 66.8 Å². The summed E-state index contributed by atoms with van der Waals surface area (Å²) in [4.78, 5) is 25.3. The highest BCUT2D eigenvalue weighted by atomic mass is 16.5. The van der Waals surface area contributed by atoms with Crippen molar-refractivity contribution in [2.45, 2.75) is 31.9 Å². The monoisotopic (exact) mass is 291 g/mol. The Balaban J connectivity index is 2.47. The van der Waals surface area contributed by atoms with Crippen molar-refractivity contribution in [2.75, 3.05) is 13.7 Å². The van der Waals surface area contributed by atoms with Crippen LogP contribution in [0.25, 0.3) is 0 Å². The lowest BCUT2D eigenvalue weighted by molar-refractivity contribution is -0.195. The van der Waals surface area contributed by atoms with Crippen LogP contribution >= 0.6 is 0 Å². The predicted molar refractivity (Wildman–Crippen MR) is 77.5 cm³/mol. The van der Waals surface area contributed by atoms with E-state index in [-0.39, 0.29) is 12.3 Å². The molecule has 114 valence electrons. The molecule has 0 aromatic heterocycles. The van der Waals surface area contributed by atoms with Crippen LogP contribution in [0.3, 0.4) is 0 Å². The number of nitrogens with zero attached hydrogens (tertiary/aromatic N) is 1. The maximum Gasteiger partial charge on any atom is 0.306 e. The molecule has 2 atom stereocenters. The van der Waals surface area contributed by atoms with E-state index in [4.69, 9.17) is 4.74 Å². The van der Waals surface area contributed by atoms with E-state index in [2.05, 4.69) is 0 Å².